The monoisotopic (exact) mass is 422 g/mol. The van der Waals surface area contributed by atoms with E-state index in [1.54, 1.807) is 0 Å². The van der Waals surface area contributed by atoms with Crippen LogP contribution in [0.4, 0.5) is 5.69 Å². The second-order valence-corrected chi connectivity index (χ2v) is 10.1. The van der Waals surface area contributed by atoms with Crippen LogP contribution in [0.5, 0.6) is 0 Å². The van der Waals surface area contributed by atoms with Crippen LogP contribution in [0.15, 0.2) is 30.9 Å². The fourth-order valence-corrected chi connectivity index (χ4v) is 6.34. The van der Waals surface area contributed by atoms with Crippen LogP contribution in [0.1, 0.15) is 60.9 Å². The molecule has 0 radical (unpaired) electrons. The van der Waals surface area contributed by atoms with E-state index in [1.807, 2.05) is 6.08 Å². The molecule has 0 aromatic heterocycles. The average Bonchev–Trinajstić information content (AvgIpc) is 3.12. The molecule has 31 heavy (non-hydrogen) atoms. The van der Waals surface area contributed by atoms with Crippen molar-refractivity contribution in [3.8, 4) is 0 Å². The molecule has 0 bridgehead atoms. The molecule has 1 N–H and O–H groups in total. The van der Waals surface area contributed by atoms with Crippen molar-refractivity contribution in [2.45, 2.75) is 57.0 Å². The topological polar surface area (TPSA) is 38.8 Å². The molecule has 4 aliphatic heterocycles. The summed E-state index contributed by atoms with van der Waals surface area (Å²) in [4.78, 5) is 20.6. The van der Waals surface area contributed by atoms with Gasteiger partial charge in [-0.15, -0.1) is 6.58 Å². The van der Waals surface area contributed by atoms with Gasteiger partial charge in [-0.25, -0.2) is 0 Å². The Morgan fingerprint density at radius 3 is 2.65 bits per heavy atom. The molecule has 0 saturated carbocycles. The third kappa shape index (κ3) is 4.03. The van der Waals surface area contributed by atoms with E-state index in [2.05, 4.69) is 51.7 Å². The van der Waals surface area contributed by atoms with Gasteiger partial charge in [-0.2, -0.15) is 0 Å². The Balaban J connectivity index is 1.40. The van der Waals surface area contributed by atoms with Gasteiger partial charge in [0.05, 0.1) is 0 Å². The van der Waals surface area contributed by atoms with Crippen molar-refractivity contribution in [3.63, 3.8) is 0 Å². The molecule has 5 rings (SSSR count). The largest absolute Gasteiger partial charge is 0.364 e. The first-order valence-corrected chi connectivity index (χ1v) is 12.4. The number of fused-ring (bicyclic) bond motifs is 3. The van der Waals surface area contributed by atoms with Gasteiger partial charge in [0.25, 0.3) is 5.91 Å². The number of hydrogen-bond acceptors (Lipinski definition) is 4. The van der Waals surface area contributed by atoms with Gasteiger partial charge in [0.2, 0.25) is 0 Å². The Morgan fingerprint density at radius 2 is 1.90 bits per heavy atom. The van der Waals surface area contributed by atoms with Gasteiger partial charge in [0.15, 0.2) is 0 Å². The number of piperidine rings is 3. The lowest BCUT2D eigenvalue weighted by Gasteiger charge is -2.43. The number of nitrogens with one attached hydrogen (secondary N) is 1. The third-order valence-corrected chi connectivity index (χ3v) is 8.21. The molecule has 2 atom stereocenters. The van der Waals surface area contributed by atoms with Crippen molar-refractivity contribution in [2.24, 2.45) is 5.92 Å². The highest BCUT2D eigenvalue weighted by Gasteiger charge is 2.43. The molecule has 5 heteroatoms. The highest BCUT2D eigenvalue weighted by molar-refractivity contribution is 5.95. The van der Waals surface area contributed by atoms with E-state index in [9.17, 15) is 4.79 Å². The molecule has 5 nitrogen and oxygen atoms in total. The molecular formula is C26H38N4O. The van der Waals surface area contributed by atoms with Gasteiger partial charge < -0.3 is 15.1 Å². The summed E-state index contributed by atoms with van der Waals surface area (Å²) in [6.45, 7) is 13.6. The van der Waals surface area contributed by atoms with Crippen LogP contribution in [-0.4, -0.2) is 73.6 Å². The second kappa shape index (κ2) is 8.95. The van der Waals surface area contributed by atoms with Gasteiger partial charge in [0, 0.05) is 62.0 Å². The number of amides is 1. The summed E-state index contributed by atoms with van der Waals surface area (Å²) in [5.74, 6) is 1.45. The predicted octanol–water partition coefficient (Wildman–Crippen LogP) is 3.47. The minimum Gasteiger partial charge on any atom is -0.364 e. The molecule has 1 aromatic rings. The van der Waals surface area contributed by atoms with Crippen LogP contribution in [0.3, 0.4) is 0 Å². The van der Waals surface area contributed by atoms with Gasteiger partial charge in [-0.3, -0.25) is 9.69 Å². The van der Waals surface area contributed by atoms with Gasteiger partial charge >= 0.3 is 0 Å². The summed E-state index contributed by atoms with van der Waals surface area (Å²) in [6, 6.07) is 7.76. The van der Waals surface area contributed by atoms with Crippen molar-refractivity contribution in [3.05, 3.63) is 42.0 Å². The number of benzene rings is 1. The predicted molar refractivity (Wildman–Crippen MR) is 127 cm³/mol. The summed E-state index contributed by atoms with van der Waals surface area (Å²) in [5.41, 5.74) is 3.60. The number of anilines is 1. The van der Waals surface area contributed by atoms with Crippen LogP contribution in [-0.2, 0) is 0 Å². The number of carbonyl (C=O) groups is 1. The van der Waals surface area contributed by atoms with Crippen molar-refractivity contribution in [1.82, 2.24) is 15.1 Å². The summed E-state index contributed by atoms with van der Waals surface area (Å²) >= 11 is 0. The summed E-state index contributed by atoms with van der Waals surface area (Å²) in [7, 11) is 0. The first-order chi connectivity index (χ1) is 15.2. The summed E-state index contributed by atoms with van der Waals surface area (Å²) in [5, 5.41) is 3.51. The number of likely N-dealkylation sites (tertiary alicyclic amines) is 2. The van der Waals surface area contributed by atoms with E-state index in [0.29, 0.717) is 18.0 Å². The lowest BCUT2D eigenvalue weighted by atomic mass is 9.86. The smallest absolute Gasteiger partial charge is 0.253 e. The summed E-state index contributed by atoms with van der Waals surface area (Å²) < 4.78 is 0. The normalized spacial score (nSPS) is 27.8. The zero-order valence-corrected chi connectivity index (χ0v) is 19.1. The van der Waals surface area contributed by atoms with E-state index in [1.165, 1.54) is 37.1 Å². The lowest BCUT2D eigenvalue weighted by molar-refractivity contribution is 0.0697. The second-order valence-electron chi connectivity index (χ2n) is 10.1. The third-order valence-electron chi connectivity index (χ3n) is 8.21. The van der Waals surface area contributed by atoms with Crippen LogP contribution < -0.4 is 10.2 Å². The SMILES string of the molecule is C=CCN1c2ccc(C(=O)N3CCC(C)CC3)cc2C2CN(C3CCNCC3)CCC21. The van der Waals surface area contributed by atoms with E-state index in [0.717, 1.165) is 63.6 Å². The number of nitrogens with zero attached hydrogens (tertiary/aromatic N) is 3. The number of rotatable bonds is 4. The minimum absolute atomic E-state index is 0.222. The maximum atomic E-state index is 13.3. The molecule has 0 aliphatic carbocycles. The Labute approximate surface area is 187 Å². The van der Waals surface area contributed by atoms with Crippen LogP contribution in [0, 0.1) is 5.92 Å². The number of hydrogen-bond donors (Lipinski definition) is 1. The Hall–Kier alpha value is -1.85. The lowest BCUT2D eigenvalue weighted by Crippen LogP contribution is -2.52. The minimum atomic E-state index is 0.222. The standard InChI is InChI=1S/C26H38N4O/c1-3-13-30-24-5-4-20(26(31)28-14-8-19(2)9-15-28)17-22(24)23-18-29(16-10-25(23)30)21-6-11-27-12-7-21/h3-5,17,19,21,23,25,27H,1,6-16,18H2,2H3. The molecule has 3 fully saturated rings. The quantitative estimate of drug-likeness (QED) is 0.754. The zero-order chi connectivity index (χ0) is 21.4. The van der Waals surface area contributed by atoms with E-state index < -0.39 is 0 Å². The molecule has 4 aliphatic rings. The van der Waals surface area contributed by atoms with Crippen molar-refractivity contribution < 1.29 is 4.79 Å². The first-order valence-electron chi connectivity index (χ1n) is 12.4. The molecule has 1 aromatic carbocycles. The average molecular weight is 423 g/mol. The first kappa shape index (κ1) is 21.0. The van der Waals surface area contributed by atoms with Gasteiger partial charge in [0.1, 0.15) is 0 Å². The van der Waals surface area contributed by atoms with Crippen LogP contribution in [0.25, 0.3) is 0 Å². The fraction of sp³-hybridized carbons (Fsp3) is 0.654. The van der Waals surface area contributed by atoms with Crippen molar-refractivity contribution in [2.75, 3.05) is 50.7 Å². The van der Waals surface area contributed by atoms with Gasteiger partial charge in [-0.05, 0) is 74.9 Å². The zero-order valence-electron chi connectivity index (χ0n) is 19.1. The van der Waals surface area contributed by atoms with Crippen molar-refractivity contribution >= 4 is 11.6 Å². The van der Waals surface area contributed by atoms with Crippen LogP contribution >= 0.6 is 0 Å². The fourth-order valence-electron chi connectivity index (χ4n) is 6.34. The maximum absolute atomic E-state index is 13.3. The van der Waals surface area contributed by atoms with E-state index in [4.69, 9.17) is 0 Å². The maximum Gasteiger partial charge on any atom is 0.253 e. The van der Waals surface area contributed by atoms with Gasteiger partial charge in [-0.1, -0.05) is 13.0 Å². The molecule has 2 unspecified atom stereocenters. The molecule has 1 amide bonds. The van der Waals surface area contributed by atoms with E-state index in [-0.39, 0.29) is 5.91 Å². The van der Waals surface area contributed by atoms with Crippen molar-refractivity contribution in [1.29, 1.82) is 0 Å². The Morgan fingerprint density at radius 1 is 1.13 bits per heavy atom. The summed E-state index contributed by atoms with van der Waals surface area (Å²) in [6.07, 6.45) is 7.99. The molecular weight excluding hydrogens is 384 g/mol. The Bertz CT molecular complexity index is 810. The highest BCUT2D eigenvalue weighted by Crippen LogP contribution is 2.45. The van der Waals surface area contributed by atoms with E-state index >= 15 is 0 Å². The molecule has 168 valence electrons. The van der Waals surface area contributed by atoms with Crippen LogP contribution in [0.2, 0.25) is 0 Å². The number of carbonyl (C=O) groups excluding carboxylic acids is 1. The molecule has 4 heterocycles. The highest BCUT2D eigenvalue weighted by atomic mass is 16.2. The molecule has 3 saturated heterocycles. The molecule has 0 spiro atoms. The Kier molecular flexibility index (Phi) is 6.07.